The number of nitrogens with zero attached hydrogens (tertiary/aromatic N) is 1. The molecule has 0 atom stereocenters. The fraction of sp³-hybridized carbons (Fsp3) is 0.136. The van der Waals surface area contributed by atoms with E-state index in [0.29, 0.717) is 4.91 Å². The van der Waals surface area contributed by atoms with Crippen molar-refractivity contribution in [2.24, 2.45) is 0 Å². The molecule has 1 heterocycles. The zero-order valence-corrected chi connectivity index (χ0v) is 17.9. The topological polar surface area (TPSA) is 49.4 Å². The number of amides is 2. The Kier molecular flexibility index (Phi) is 6.97. The van der Waals surface area contributed by atoms with Gasteiger partial charge in [0.1, 0.15) is 10.9 Å². The van der Waals surface area contributed by atoms with Crippen molar-refractivity contribution in [3.63, 3.8) is 0 Å². The number of halogens is 3. The highest BCUT2D eigenvalue weighted by molar-refractivity contribution is 8.26. The normalized spacial score (nSPS) is 16.2. The van der Waals surface area contributed by atoms with E-state index in [9.17, 15) is 22.8 Å². The second kappa shape index (κ2) is 9.49. The van der Waals surface area contributed by atoms with Crippen LogP contribution in [0.3, 0.4) is 0 Å². The maximum absolute atomic E-state index is 13.1. The van der Waals surface area contributed by atoms with E-state index in [1.54, 1.807) is 6.08 Å². The van der Waals surface area contributed by atoms with Gasteiger partial charge >= 0.3 is 6.18 Å². The molecule has 0 unspecified atom stereocenters. The van der Waals surface area contributed by atoms with Crippen molar-refractivity contribution in [3.05, 3.63) is 82.3 Å². The van der Waals surface area contributed by atoms with Gasteiger partial charge < -0.3 is 5.32 Å². The molecule has 4 nitrogen and oxygen atoms in total. The average Bonchev–Trinajstić information content (AvgIpc) is 2.95. The van der Waals surface area contributed by atoms with Crippen molar-refractivity contribution in [3.8, 4) is 0 Å². The highest BCUT2D eigenvalue weighted by Crippen LogP contribution is 2.35. The zero-order valence-electron chi connectivity index (χ0n) is 16.3. The van der Waals surface area contributed by atoms with Gasteiger partial charge in [0, 0.05) is 0 Å². The van der Waals surface area contributed by atoms with Crippen molar-refractivity contribution in [1.29, 1.82) is 0 Å². The molecule has 1 fully saturated rings. The number of rotatable bonds is 5. The van der Waals surface area contributed by atoms with E-state index in [1.165, 1.54) is 12.1 Å². The van der Waals surface area contributed by atoms with Crippen LogP contribution >= 0.6 is 24.0 Å². The number of hydrogen-bond donors (Lipinski definition) is 1. The lowest BCUT2D eigenvalue weighted by Crippen LogP contribution is -2.36. The Morgan fingerprint density at radius 2 is 1.77 bits per heavy atom. The summed E-state index contributed by atoms with van der Waals surface area (Å²) in [5, 5.41) is 2.22. The summed E-state index contributed by atoms with van der Waals surface area (Å²) in [6.07, 6.45) is -1.05. The number of thiocarbonyl (C=S) groups is 1. The van der Waals surface area contributed by atoms with E-state index in [1.807, 2.05) is 43.3 Å². The minimum Gasteiger partial charge on any atom is -0.324 e. The number of para-hydroxylation sites is 1. The summed E-state index contributed by atoms with van der Waals surface area (Å²) in [7, 11) is 0. The minimum absolute atomic E-state index is 0.169. The molecule has 1 aliphatic heterocycles. The van der Waals surface area contributed by atoms with Crippen LogP contribution in [0.1, 0.15) is 18.1 Å². The lowest BCUT2D eigenvalue weighted by atomic mass is 10.1. The average molecular weight is 463 g/mol. The summed E-state index contributed by atoms with van der Waals surface area (Å²) < 4.78 is 39.5. The van der Waals surface area contributed by atoms with Crippen LogP contribution in [0, 0.1) is 0 Å². The van der Waals surface area contributed by atoms with Crippen molar-refractivity contribution in [2.75, 3.05) is 11.9 Å². The number of carbonyl (C=O) groups is 2. The first-order valence-electron chi connectivity index (χ1n) is 9.10. The molecule has 0 aliphatic carbocycles. The number of thioether (sulfide) groups is 1. The SMILES string of the molecule is CC(/C=C1\SC(=S)N(CC(=O)Nc2ccccc2C(F)(F)F)C1=O)=C\c1ccccc1. The number of alkyl halides is 3. The fourth-order valence-electron chi connectivity index (χ4n) is 2.87. The van der Waals surface area contributed by atoms with E-state index in [0.717, 1.165) is 39.9 Å². The molecule has 3 rings (SSSR count). The maximum atomic E-state index is 13.1. The van der Waals surface area contributed by atoms with Crippen molar-refractivity contribution in [2.45, 2.75) is 13.1 Å². The molecule has 0 saturated carbocycles. The Morgan fingerprint density at radius 1 is 1.13 bits per heavy atom. The fourth-order valence-corrected chi connectivity index (χ4v) is 4.17. The van der Waals surface area contributed by atoms with Gasteiger partial charge in [0.2, 0.25) is 5.91 Å². The van der Waals surface area contributed by atoms with Crippen LogP contribution in [0.25, 0.3) is 6.08 Å². The lowest BCUT2D eigenvalue weighted by molar-refractivity contribution is -0.137. The van der Waals surface area contributed by atoms with Gasteiger partial charge in [0.15, 0.2) is 0 Å². The Balaban J connectivity index is 1.71. The van der Waals surface area contributed by atoms with Gasteiger partial charge in [-0.2, -0.15) is 13.2 Å². The van der Waals surface area contributed by atoms with Crippen LogP contribution in [-0.4, -0.2) is 27.6 Å². The predicted molar refractivity (Wildman–Crippen MR) is 120 cm³/mol. The smallest absolute Gasteiger partial charge is 0.324 e. The third-order valence-corrected chi connectivity index (χ3v) is 5.61. The molecule has 2 aromatic rings. The van der Waals surface area contributed by atoms with Crippen molar-refractivity contribution < 1.29 is 22.8 Å². The molecular formula is C22H17F3N2O2S2. The monoisotopic (exact) mass is 462 g/mol. The number of carbonyl (C=O) groups excluding carboxylic acids is 2. The molecule has 0 bridgehead atoms. The Bertz CT molecular complexity index is 1080. The van der Waals surface area contributed by atoms with Gasteiger partial charge in [0.05, 0.1) is 16.2 Å². The summed E-state index contributed by atoms with van der Waals surface area (Å²) in [6, 6.07) is 14.2. The summed E-state index contributed by atoms with van der Waals surface area (Å²) in [4.78, 5) is 26.4. The molecule has 1 N–H and O–H groups in total. The summed E-state index contributed by atoms with van der Waals surface area (Å²) in [5.41, 5.74) is 0.447. The zero-order chi connectivity index (χ0) is 22.6. The highest BCUT2D eigenvalue weighted by atomic mass is 32.2. The number of benzene rings is 2. The maximum Gasteiger partial charge on any atom is 0.418 e. The van der Waals surface area contributed by atoms with E-state index in [4.69, 9.17) is 12.2 Å². The first-order valence-corrected chi connectivity index (χ1v) is 10.3. The second-order valence-corrected chi connectivity index (χ2v) is 8.33. The predicted octanol–water partition coefficient (Wildman–Crippen LogP) is 5.49. The van der Waals surface area contributed by atoms with Crippen LogP contribution in [0.15, 0.2) is 71.2 Å². The van der Waals surface area contributed by atoms with Crippen LogP contribution in [-0.2, 0) is 15.8 Å². The van der Waals surface area contributed by atoms with E-state index < -0.39 is 30.1 Å². The highest BCUT2D eigenvalue weighted by Gasteiger charge is 2.35. The van der Waals surface area contributed by atoms with Gasteiger partial charge in [-0.25, -0.2) is 0 Å². The Labute approximate surface area is 186 Å². The third kappa shape index (κ3) is 5.83. The van der Waals surface area contributed by atoms with Gasteiger partial charge in [-0.3, -0.25) is 14.5 Å². The Hall–Kier alpha value is -2.91. The first-order chi connectivity index (χ1) is 14.6. The van der Waals surface area contributed by atoms with Crippen LogP contribution in [0.2, 0.25) is 0 Å². The van der Waals surface area contributed by atoms with Crippen LogP contribution in [0.4, 0.5) is 18.9 Å². The molecule has 9 heteroatoms. The van der Waals surface area contributed by atoms with E-state index in [-0.39, 0.29) is 10.0 Å². The van der Waals surface area contributed by atoms with E-state index in [2.05, 4.69) is 5.32 Å². The lowest BCUT2D eigenvalue weighted by Gasteiger charge is -2.16. The standard InChI is InChI=1S/C22H17F3N2O2S2/c1-14(11-15-7-3-2-4-8-15)12-18-20(29)27(21(30)31-18)13-19(28)26-17-10-6-5-9-16(17)22(23,24)25/h2-12H,13H2,1H3,(H,26,28)/b14-11+,18-12-. The van der Waals surface area contributed by atoms with Gasteiger partial charge in [-0.1, -0.05) is 72.5 Å². The molecule has 1 saturated heterocycles. The molecule has 31 heavy (non-hydrogen) atoms. The third-order valence-electron chi connectivity index (χ3n) is 4.23. The molecule has 0 aromatic heterocycles. The minimum atomic E-state index is -4.61. The molecule has 2 aromatic carbocycles. The van der Waals surface area contributed by atoms with Crippen molar-refractivity contribution in [1.82, 2.24) is 4.90 Å². The number of nitrogens with one attached hydrogen (secondary N) is 1. The quantitative estimate of drug-likeness (QED) is 0.472. The second-order valence-electron chi connectivity index (χ2n) is 6.66. The van der Waals surface area contributed by atoms with Crippen molar-refractivity contribution >= 4 is 51.9 Å². The van der Waals surface area contributed by atoms with E-state index >= 15 is 0 Å². The number of anilines is 1. The Morgan fingerprint density at radius 3 is 2.45 bits per heavy atom. The van der Waals surface area contributed by atoms with Gasteiger partial charge in [-0.05, 0) is 36.3 Å². The summed E-state index contributed by atoms with van der Waals surface area (Å²) in [5.74, 6) is -1.24. The van der Waals surface area contributed by atoms with Gasteiger partial charge in [0.25, 0.3) is 5.91 Å². The number of hydrogen-bond acceptors (Lipinski definition) is 4. The van der Waals surface area contributed by atoms with Crippen LogP contribution < -0.4 is 5.32 Å². The summed E-state index contributed by atoms with van der Waals surface area (Å²) in [6.45, 7) is 1.36. The largest absolute Gasteiger partial charge is 0.418 e. The molecule has 1 aliphatic rings. The van der Waals surface area contributed by atoms with Crippen LogP contribution in [0.5, 0.6) is 0 Å². The molecular weight excluding hydrogens is 445 g/mol. The van der Waals surface area contributed by atoms with Gasteiger partial charge in [-0.15, -0.1) is 0 Å². The first kappa shape index (κ1) is 22.8. The molecule has 160 valence electrons. The summed E-state index contributed by atoms with van der Waals surface area (Å²) >= 11 is 6.24. The molecule has 0 spiro atoms. The number of allylic oxidation sites excluding steroid dienone is 2. The molecule has 0 radical (unpaired) electrons. The molecule has 2 amide bonds.